The van der Waals surface area contributed by atoms with Gasteiger partial charge in [0.05, 0.1) is 5.97 Å². The molecular formula is C17H15N2O5-. The zero-order valence-corrected chi connectivity index (χ0v) is 12.9. The van der Waals surface area contributed by atoms with E-state index < -0.39 is 12.6 Å². The van der Waals surface area contributed by atoms with Crippen LogP contribution in [0.3, 0.4) is 0 Å². The summed E-state index contributed by atoms with van der Waals surface area (Å²) in [7, 11) is 0. The summed E-state index contributed by atoms with van der Waals surface area (Å²) in [6.07, 6.45) is 0. The number of carboxylic acid groups (broad SMARTS) is 1. The Kier molecular flexibility index (Phi) is 5.51. The SMILES string of the molecule is CC(=O)Nc1ccc(C(=O)Nc2ccc(OCC(=O)[O-])cc2)cc1. The first kappa shape index (κ1) is 17.0. The van der Waals surface area contributed by atoms with Crippen LogP contribution in [0.25, 0.3) is 0 Å². The lowest BCUT2D eigenvalue weighted by Gasteiger charge is -2.09. The average molecular weight is 327 g/mol. The molecule has 0 saturated heterocycles. The Balaban J connectivity index is 1.96. The Hall–Kier alpha value is -3.35. The van der Waals surface area contributed by atoms with Crippen molar-refractivity contribution >= 4 is 29.2 Å². The second-order valence-corrected chi connectivity index (χ2v) is 4.90. The third kappa shape index (κ3) is 5.13. The number of hydrogen-bond acceptors (Lipinski definition) is 5. The maximum Gasteiger partial charge on any atom is 0.255 e. The molecule has 0 fully saturated rings. The fourth-order valence-corrected chi connectivity index (χ4v) is 1.89. The molecule has 2 aromatic carbocycles. The number of ether oxygens (including phenoxy) is 1. The van der Waals surface area contributed by atoms with E-state index in [1.807, 2.05) is 0 Å². The van der Waals surface area contributed by atoms with Crippen molar-refractivity contribution in [3.8, 4) is 5.75 Å². The van der Waals surface area contributed by atoms with Crippen LogP contribution in [-0.2, 0) is 9.59 Å². The molecule has 2 rings (SSSR count). The van der Waals surface area contributed by atoms with Crippen molar-refractivity contribution in [3.63, 3.8) is 0 Å². The van der Waals surface area contributed by atoms with Crippen LogP contribution in [0, 0.1) is 0 Å². The molecule has 2 aromatic rings. The first-order chi connectivity index (χ1) is 11.4. The Bertz CT molecular complexity index is 739. The fraction of sp³-hybridized carbons (Fsp3) is 0.118. The van der Waals surface area contributed by atoms with Crippen molar-refractivity contribution in [3.05, 3.63) is 54.1 Å². The van der Waals surface area contributed by atoms with Crippen molar-refractivity contribution in [2.45, 2.75) is 6.92 Å². The normalized spacial score (nSPS) is 9.88. The highest BCUT2D eigenvalue weighted by Gasteiger charge is 2.06. The molecule has 0 aromatic heterocycles. The van der Waals surface area contributed by atoms with Crippen LogP contribution in [0.2, 0.25) is 0 Å². The largest absolute Gasteiger partial charge is 0.546 e. The van der Waals surface area contributed by atoms with Crippen molar-refractivity contribution < 1.29 is 24.2 Å². The molecule has 0 aliphatic heterocycles. The van der Waals surface area contributed by atoms with Crippen molar-refractivity contribution in [2.24, 2.45) is 0 Å². The number of carbonyl (C=O) groups excluding carboxylic acids is 3. The summed E-state index contributed by atoms with van der Waals surface area (Å²) in [5.41, 5.74) is 1.57. The molecule has 0 aliphatic carbocycles. The van der Waals surface area contributed by atoms with E-state index in [0.29, 0.717) is 22.7 Å². The van der Waals surface area contributed by atoms with E-state index in [0.717, 1.165) is 0 Å². The van der Waals surface area contributed by atoms with Gasteiger partial charge in [0.2, 0.25) is 5.91 Å². The van der Waals surface area contributed by atoms with Crippen LogP contribution >= 0.6 is 0 Å². The zero-order valence-electron chi connectivity index (χ0n) is 12.9. The van der Waals surface area contributed by atoms with Crippen LogP contribution < -0.4 is 20.5 Å². The number of nitrogens with one attached hydrogen (secondary N) is 2. The molecule has 0 spiro atoms. The lowest BCUT2D eigenvalue weighted by Crippen LogP contribution is -2.28. The molecule has 0 aliphatic rings. The third-order valence-corrected chi connectivity index (χ3v) is 2.94. The van der Waals surface area contributed by atoms with Crippen LogP contribution in [0.5, 0.6) is 5.75 Å². The van der Waals surface area contributed by atoms with Gasteiger partial charge in [0, 0.05) is 23.9 Å². The number of benzene rings is 2. The number of carbonyl (C=O) groups is 3. The summed E-state index contributed by atoms with van der Waals surface area (Å²) in [5, 5.41) is 15.6. The van der Waals surface area contributed by atoms with Gasteiger partial charge < -0.3 is 25.3 Å². The molecule has 0 radical (unpaired) electrons. The fourth-order valence-electron chi connectivity index (χ4n) is 1.89. The summed E-state index contributed by atoms with van der Waals surface area (Å²) < 4.78 is 4.95. The maximum absolute atomic E-state index is 12.1. The Morgan fingerprint density at radius 1 is 0.917 bits per heavy atom. The van der Waals surface area contributed by atoms with Gasteiger partial charge in [-0.3, -0.25) is 9.59 Å². The van der Waals surface area contributed by atoms with Gasteiger partial charge in [-0.1, -0.05) is 0 Å². The maximum atomic E-state index is 12.1. The average Bonchev–Trinajstić information content (AvgIpc) is 2.54. The van der Waals surface area contributed by atoms with Crippen molar-refractivity contribution in [2.75, 3.05) is 17.2 Å². The lowest BCUT2D eigenvalue weighted by molar-refractivity contribution is -0.307. The standard InChI is InChI=1S/C17H16N2O5/c1-11(20)18-13-4-2-12(3-5-13)17(23)19-14-6-8-15(9-7-14)24-10-16(21)22/h2-9H,10H2,1H3,(H,18,20)(H,19,23)(H,21,22)/p-1. The second kappa shape index (κ2) is 7.77. The number of anilines is 2. The third-order valence-electron chi connectivity index (χ3n) is 2.94. The molecule has 7 heteroatoms. The molecule has 0 saturated carbocycles. The van der Waals surface area contributed by atoms with E-state index >= 15 is 0 Å². The summed E-state index contributed by atoms with van der Waals surface area (Å²) in [4.78, 5) is 33.4. The highest BCUT2D eigenvalue weighted by Crippen LogP contribution is 2.17. The molecule has 0 atom stereocenters. The van der Waals surface area contributed by atoms with Crippen molar-refractivity contribution in [1.29, 1.82) is 0 Å². The smallest absolute Gasteiger partial charge is 0.255 e. The van der Waals surface area contributed by atoms with Crippen LogP contribution in [0.4, 0.5) is 11.4 Å². The molecule has 0 bridgehead atoms. The molecule has 2 amide bonds. The zero-order chi connectivity index (χ0) is 17.5. The Morgan fingerprint density at radius 3 is 2.00 bits per heavy atom. The van der Waals surface area contributed by atoms with Gasteiger partial charge in [-0.05, 0) is 48.5 Å². The number of aliphatic carboxylic acids is 1. The van der Waals surface area contributed by atoms with E-state index in [4.69, 9.17) is 4.74 Å². The minimum Gasteiger partial charge on any atom is -0.546 e. The van der Waals surface area contributed by atoms with Crippen LogP contribution in [-0.4, -0.2) is 24.4 Å². The summed E-state index contributed by atoms with van der Waals surface area (Å²) in [6.45, 7) is 0.868. The van der Waals surface area contributed by atoms with Crippen molar-refractivity contribution in [1.82, 2.24) is 0 Å². The predicted molar refractivity (Wildman–Crippen MR) is 85.6 cm³/mol. The molecule has 7 nitrogen and oxygen atoms in total. The molecule has 2 N–H and O–H groups in total. The van der Waals surface area contributed by atoms with Gasteiger partial charge in [-0.2, -0.15) is 0 Å². The monoisotopic (exact) mass is 327 g/mol. The topological polar surface area (TPSA) is 108 Å². The molecular weight excluding hydrogens is 312 g/mol. The number of rotatable bonds is 6. The van der Waals surface area contributed by atoms with Gasteiger partial charge in [-0.15, -0.1) is 0 Å². The number of amides is 2. The van der Waals surface area contributed by atoms with Gasteiger partial charge in [-0.25, -0.2) is 0 Å². The van der Waals surface area contributed by atoms with E-state index in [9.17, 15) is 19.5 Å². The minimum absolute atomic E-state index is 0.187. The van der Waals surface area contributed by atoms with Gasteiger partial charge in [0.15, 0.2) is 0 Å². The minimum atomic E-state index is -1.31. The lowest BCUT2D eigenvalue weighted by atomic mass is 10.2. The molecule has 24 heavy (non-hydrogen) atoms. The predicted octanol–water partition coefficient (Wildman–Crippen LogP) is 1.03. The van der Waals surface area contributed by atoms with E-state index in [1.54, 1.807) is 48.5 Å². The Morgan fingerprint density at radius 2 is 1.46 bits per heavy atom. The molecule has 124 valence electrons. The summed E-state index contributed by atoms with van der Waals surface area (Å²) in [6, 6.07) is 12.7. The van der Waals surface area contributed by atoms with E-state index in [2.05, 4.69) is 10.6 Å². The second-order valence-electron chi connectivity index (χ2n) is 4.90. The summed E-state index contributed by atoms with van der Waals surface area (Å²) in [5.74, 6) is -1.45. The van der Waals surface area contributed by atoms with E-state index in [-0.39, 0.29) is 11.8 Å². The van der Waals surface area contributed by atoms with E-state index in [1.165, 1.54) is 6.92 Å². The van der Waals surface area contributed by atoms with Gasteiger partial charge >= 0.3 is 0 Å². The van der Waals surface area contributed by atoms with Gasteiger partial charge in [0.1, 0.15) is 12.4 Å². The highest BCUT2D eigenvalue weighted by atomic mass is 16.5. The number of hydrogen-bond donors (Lipinski definition) is 2. The van der Waals surface area contributed by atoms with Gasteiger partial charge in [0.25, 0.3) is 5.91 Å². The number of carboxylic acids is 1. The highest BCUT2D eigenvalue weighted by molar-refractivity contribution is 6.04. The first-order valence-corrected chi connectivity index (χ1v) is 7.06. The summed E-state index contributed by atoms with van der Waals surface area (Å²) >= 11 is 0. The first-order valence-electron chi connectivity index (χ1n) is 7.06. The van der Waals surface area contributed by atoms with Crippen LogP contribution in [0.1, 0.15) is 17.3 Å². The Labute approximate surface area is 138 Å². The van der Waals surface area contributed by atoms with Crippen LogP contribution in [0.15, 0.2) is 48.5 Å². The molecule has 0 heterocycles. The quantitative estimate of drug-likeness (QED) is 0.824. The molecule has 0 unspecified atom stereocenters.